The van der Waals surface area contributed by atoms with Crippen molar-refractivity contribution >= 4 is 46.5 Å². The molecule has 1 atom stereocenters. The molecule has 0 aromatic rings. The van der Waals surface area contributed by atoms with Crippen molar-refractivity contribution in [1.29, 1.82) is 5.41 Å². The molecule has 0 aromatic carbocycles. The van der Waals surface area contributed by atoms with E-state index in [1.54, 1.807) is 12.2 Å². The number of rotatable bonds is 1. The Morgan fingerprint density at radius 2 is 2.07 bits per heavy atom. The smallest absolute Gasteiger partial charge is 0.265 e. The Hall–Kier alpha value is -0.510. The van der Waals surface area contributed by atoms with Gasteiger partial charge in [0, 0.05) is 0 Å². The normalized spacial score (nSPS) is 25.5. The first kappa shape index (κ1) is 12.6. The highest BCUT2D eigenvalue weighted by atomic mass is 35.6. The molecule has 1 rings (SSSR count). The van der Waals surface area contributed by atoms with E-state index in [1.807, 2.05) is 0 Å². The topological polar surface area (TPSA) is 50.1 Å². The molecule has 0 heterocycles. The van der Waals surface area contributed by atoms with Crippen molar-refractivity contribution in [1.82, 2.24) is 0 Å². The van der Waals surface area contributed by atoms with E-state index >= 15 is 0 Å². The molecule has 0 spiro atoms. The fourth-order valence-corrected chi connectivity index (χ4v) is 1.10. The molecule has 1 unspecified atom stereocenters. The number of ketones is 1. The molecule has 3 nitrogen and oxygen atoms in total. The maximum atomic E-state index is 11.5. The summed E-state index contributed by atoms with van der Waals surface area (Å²) in [7, 11) is 0. The third kappa shape index (κ3) is 2.97. The largest absolute Gasteiger partial charge is 0.459 e. The van der Waals surface area contributed by atoms with E-state index in [-0.39, 0.29) is 5.78 Å². The Morgan fingerprint density at radius 3 is 2.53 bits per heavy atom. The van der Waals surface area contributed by atoms with E-state index in [9.17, 15) is 4.79 Å². The molecule has 0 saturated carbocycles. The van der Waals surface area contributed by atoms with Crippen LogP contribution in [0.3, 0.4) is 0 Å². The summed E-state index contributed by atoms with van der Waals surface area (Å²) in [6, 6.07) is 0. The molecule has 1 aliphatic rings. The van der Waals surface area contributed by atoms with E-state index in [0.29, 0.717) is 0 Å². The maximum absolute atomic E-state index is 11.5. The maximum Gasteiger partial charge on any atom is 0.265 e. The Balaban J connectivity index is 2.82. The summed E-state index contributed by atoms with van der Waals surface area (Å²) in [4.78, 5) is 11.5. The van der Waals surface area contributed by atoms with Crippen LogP contribution in [0.4, 0.5) is 0 Å². The lowest BCUT2D eigenvalue weighted by molar-refractivity contribution is -0.125. The molecule has 1 aliphatic carbocycles. The average Bonchev–Trinajstić information content (AvgIpc) is 2.09. The number of hydrogen-bond acceptors (Lipinski definition) is 3. The third-order valence-corrected chi connectivity index (χ3v) is 2.35. The molecule has 0 saturated heterocycles. The van der Waals surface area contributed by atoms with Crippen LogP contribution < -0.4 is 0 Å². The predicted octanol–water partition coefficient (Wildman–Crippen LogP) is 2.80. The minimum atomic E-state index is -1.96. The van der Waals surface area contributed by atoms with Crippen LogP contribution in [0.2, 0.25) is 0 Å². The lowest BCUT2D eigenvalue weighted by Gasteiger charge is -2.28. The predicted molar refractivity (Wildman–Crippen MR) is 60.8 cm³/mol. The second kappa shape index (κ2) is 4.16. The first-order chi connectivity index (χ1) is 6.76. The van der Waals surface area contributed by atoms with Gasteiger partial charge in [-0.3, -0.25) is 10.2 Å². The SMILES string of the molecule is CC1(OC(=N)C(Cl)(Cl)Cl)C=CC=CC1=O. The third-order valence-electron chi connectivity index (χ3n) is 1.83. The van der Waals surface area contributed by atoms with Crippen LogP contribution in [0.1, 0.15) is 6.92 Å². The van der Waals surface area contributed by atoms with Crippen molar-refractivity contribution in [3.8, 4) is 0 Å². The van der Waals surface area contributed by atoms with Crippen LogP contribution in [0.5, 0.6) is 0 Å². The number of allylic oxidation sites excluding steroid dienone is 2. The molecule has 15 heavy (non-hydrogen) atoms. The molecule has 0 aromatic heterocycles. The van der Waals surface area contributed by atoms with Crippen molar-refractivity contribution in [2.75, 3.05) is 0 Å². The lowest BCUT2D eigenvalue weighted by atomic mass is 9.96. The summed E-state index contributed by atoms with van der Waals surface area (Å²) >= 11 is 16.3. The van der Waals surface area contributed by atoms with E-state index in [4.69, 9.17) is 44.9 Å². The number of carbonyl (C=O) groups is 1. The average molecular weight is 269 g/mol. The van der Waals surface area contributed by atoms with Crippen molar-refractivity contribution < 1.29 is 9.53 Å². The van der Waals surface area contributed by atoms with Crippen LogP contribution in [0.15, 0.2) is 24.3 Å². The monoisotopic (exact) mass is 267 g/mol. The second-order valence-corrected chi connectivity index (χ2v) is 5.40. The molecule has 0 bridgehead atoms. The zero-order valence-electron chi connectivity index (χ0n) is 7.76. The van der Waals surface area contributed by atoms with Gasteiger partial charge in [0.15, 0.2) is 5.60 Å². The van der Waals surface area contributed by atoms with Gasteiger partial charge in [-0.25, -0.2) is 0 Å². The number of hydrogen-bond donors (Lipinski definition) is 1. The molecule has 6 heteroatoms. The van der Waals surface area contributed by atoms with Crippen LogP contribution in [0.25, 0.3) is 0 Å². The molecular formula is C9H8Cl3NO2. The lowest BCUT2D eigenvalue weighted by Crippen LogP contribution is -2.41. The van der Waals surface area contributed by atoms with E-state index < -0.39 is 15.3 Å². The van der Waals surface area contributed by atoms with Crippen LogP contribution in [-0.4, -0.2) is 21.1 Å². The number of ether oxygens (including phenoxy) is 1. The van der Waals surface area contributed by atoms with Gasteiger partial charge in [-0.05, 0) is 19.1 Å². The highest BCUT2D eigenvalue weighted by Crippen LogP contribution is 2.31. The minimum Gasteiger partial charge on any atom is -0.459 e. The quantitative estimate of drug-likeness (QED) is 0.452. The first-order valence-electron chi connectivity index (χ1n) is 4.01. The standard InChI is InChI=1S/C9H8Cl3NO2/c1-8(5-3-2-4-6(8)14)15-7(13)9(10,11)12/h2-5,13H,1H3. The van der Waals surface area contributed by atoms with E-state index in [2.05, 4.69) is 0 Å². The first-order valence-corrected chi connectivity index (χ1v) is 5.14. The summed E-state index contributed by atoms with van der Waals surface area (Å²) in [5.41, 5.74) is -1.27. The zero-order chi connectivity index (χ0) is 11.7. The molecule has 0 amide bonds. The van der Waals surface area contributed by atoms with Gasteiger partial charge in [0.2, 0.25) is 11.7 Å². The Bertz CT molecular complexity index is 357. The molecule has 1 N–H and O–H groups in total. The van der Waals surface area contributed by atoms with Gasteiger partial charge in [0.05, 0.1) is 0 Å². The molecule has 0 radical (unpaired) electrons. The Kier molecular flexibility index (Phi) is 3.48. The molecule has 0 fully saturated rings. The summed E-state index contributed by atoms with van der Waals surface area (Å²) in [6.45, 7) is 1.50. The Morgan fingerprint density at radius 1 is 1.47 bits per heavy atom. The van der Waals surface area contributed by atoms with Gasteiger partial charge in [-0.1, -0.05) is 47.0 Å². The van der Waals surface area contributed by atoms with Crippen molar-refractivity contribution in [3.05, 3.63) is 24.3 Å². The highest BCUT2D eigenvalue weighted by Gasteiger charge is 2.38. The summed E-state index contributed by atoms with van der Waals surface area (Å²) in [6.07, 6.45) is 6.05. The van der Waals surface area contributed by atoms with Crippen LogP contribution in [0, 0.1) is 5.41 Å². The summed E-state index contributed by atoms with van der Waals surface area (Å²) in [5.74, 6) is -0.882. The Labute approximate surface area is 102 Å². The van der Waals surface area contributed by atoms with Gasteiger partial charge in [-0.2, -0.15) is 0 Å². The van der Waals surface area contributed by atoms with Crippen molar-refractivity contribution in [2.24, 2.45) is 0 Å². The number of nitrogens with one attached hydrogen (secondary N) is 1. The van der Waals surface area contributed by atoms with E-state index in [0.717, 1.165) is 0 Å². The molecular weight excluding hydrogens is 260 g/mol. The second-order valence-electron chi connectivity index (χ2n) is 3.12. The summed E-state index contributed by atoms with van der Waals surface area (Å²) < 4.78 is 3.10. The molecule has 82 valence electrons. The van der Waals surface area contributed by atoms with Gasteiger partial charge < -0.3 is 4.74 Å². The fourth-order valence-electron chi connectivity index (χ4n) is 0.984. The number of halogens is 3. The minimum absolute atomic E-state index is 0.302. The molecule has 0 aliphatic heterocycles. The van der Waals surface area contributed by atoms with Crippen molar-refractivity contribution in [3.63, 3.8) is 0 Å². The van der Waals surface area contributed by atoms with E-state index in [1.165, 1.54) is 19.1 Å². The zero-order valence-corrected chi connectivity index (χ0v) is 10.0. The van der Waals surface area contributed by atoms with Gasteiger partial charge in [0.25, 0.3) is 3.79 Å². The summed E-state index contributed by atoms with van der Waals surface area (Å²) in [5, 5.41) is 7.36. The van der Waals surface area contributed by atoms with Gasteiger partial charge >= 0.3 is 0 Å². The van der Waals surface area contributed by atoms with Gasteiger partial charge in [0.1, 0.15) is 0 Å². The van der Waals surface area contributed by atoms with Crippen LogP contribution in [-0.2, 0) is 9.53 Å². The number of carbonyl (C=O) groups excluding carboxylic acids is 1. The van der Waals surface area contributed by atoms with Crippen molar-refractivity contribution in [2.45, 2.75) is 16.3 Å². The van der Waals surface area contributed by atoms with Crippen LogP contribution >= 0.6 is 34.8 Å². The highest BCUT2D eigenvalue weighted by molar-refractivity contribution is 6.76. The fraction of sp³-hybridized carbons (Fsp3) is 0.333. The van der Waals surface area contributed by atoms with Gasteiger partial charge in [-0.15, -0.1) is 0 Å². The number of alkyl halides is 3.